The first kappa shape index (κ1) is 14.7. The lowest BCUT2D eigenvalue weighted by atomic mass is 9.86. The van der Waals surface area contributed by atoms with E-state index in [2.05, 4.69) is 0 Å². The molecule has 1 aliphatic rings. The number of carbonyl (C=O) groups excluding carboxylic acids is 2. The van der Waals surface area contributed by atoms with Crippen molar-refractivity contribution < 1.29 is 19.5 Å². The first-order valence-electron chi connectivity index (χ1n) is 6.51. The maximum absolute atomic E-state index is 12.8. The number of amides is 1. The first-order valence-corrected chi connectivity index (χ1v) is 6.89. The van der Waals surface area contributed by atoms with Crippen LogP contribution in [0.5, 0.6) is 0 Å². The summed E-state index contributed by atoms with van der Waals surface area (Å²) in [5, 5.41) is 12.0. The summed E-state index contributed by atoms with van der Waals surface area (Å²) >= 11 is 5.93. The number of halogens is 1. The van der Waals surface area contributed by atoms with Crippen LogP contribution < -0.4 is 0 Å². The molecule has 1 amide bonds. The van der Waals surface area contributed by atoms with Gasteiger partial charge in [0.25, 0.3) is 11.6 Å². The van der Waals surface area contributed by atoms with Crippen molar-refractivity contribution in [2.24, 2.45) is 0 Å². The van der Waals surface area contributed by atoms with E-state index in [0.29, 0.717) is 10.1 Å². The van der Waals surface area contributed by atoms with Gasteiger partial charge < -0.3 is 5.11 Å². The van der Waals surface area contributed by atoms with E-state index in [4.69, 9.17) is 16.4 Å². The van der Waals surface area contributed by atoms with Crippen molar-refractivity contribution in [3.8, 4) is 0 Å². The number of fused-ring (bicyclic) bond motifs is 1. The smallest absolute Gasteiger partial charge is 0.281 e. The lowest BCUT2D eigenvalue weighted by molar-refractivity contribution is -0.227. The van der Waals surface area contributed by atoms with Gasteiger partial charge >= 0.3 is 0 Å². The minimum absolute atomic E-state index is 0.142. The Labute approximate surface area is 131 Å². The van der Waals surface area contributed by atoms with Crippen molar-refractivity contribution in [2.75, 3.05) is 7.11 Å². The average Bonchev–Trinajstić information content (AvgIpc) is 2.53. The Morgan fingerprint density at radius 2 is 1.77 bits per heavy atom. The van der Waals surface area contributed by atoms with Gasteiger partial charge in [0.2, 0.25) is 5.78 Å². The maximum Gasteiger partial charge on any atom is 0.281 e. The topological polar surface area (TPSA) is 66.8 Å². The highest BCUT2D eigenvalue weighted by Crippen LogP contribution is 2.37. The molecule has 0 saturated carbocycles. The predicted octanol–water partition coefficient (Wildman–Crippen LogP) is 2.39. The van der Waals surface area contributed by atoms with Gasteiger partial charge in [-0.05, 0) is 18.2 Å². The number of Topliss-reactive ketones (excluding diaryl/α,β-unsaturated/α-hetero) is 1. The van der Waals surface area contributed by atoms with E-state index in [1.165, 1.54) is 31.4 Å². The predicted molar refractivity (Wildman–Crippen MR) is 79.3 cm³/mol. The molecular weight excluding hydrogens is 306 g/mol. The standard InChI is InChI=1S/C16H12ClNO4/c1-22-18-15(20)13-8-3-2-7-12(13)14(19)16(18,21)10-5-4-6-11(17)9-10/h2-9,21H,1H3. The van der Waals surface area contributed by atoms with Crippen LogP contribution in [0.15, 0.2) is 48.5 Å². The number of carbonyl (C=O) groups is 2. The van der Waals surface area contributed by atoms with E-state index in [0.717, 1.165) is 0 Å². The average molecular weight is 318 g/mol. The van der Waals surface area contributed by atoms with Crippen LogP contribution in [0.1, 0.15) is 26.3 Å². The minimum atomic E-state index is -2.26. The van der Waals surface area contributed by atoms with Gasteiger partial charge in [-0.2, -0.15) is 5.06 Å². The molecule has 1 atom stereocenters. The van der Waals surface area contributed by atoms with Gasteiger partial charge in [0.1, 0.15) is 0 Å². The Morgan fingerprint density at radius 3 is 2.41 bits per heavy atom. The molecule has 6 heteroatoms. The SMILES string of the molecule is CON1C(=O)c2ccccc2C(=O)C1(O)c1cccc(Cl)c1. The molecular formula is C16H12ClNO4. The molecule has 1 aliphatic heterocycles. The number of benzene rings is 2. The molecule has 2 aromatic rings. The lowest BCUT2D eigenvalue weighted by Gasteiger charge is -2.40. The largest absolute Gasteiger partial charge is 0.359 e. The van der Waals surface area contributed by atoms with E-state index in [1.807, 2.05) is 0 Å². The van der Waals surface area contributed by atoms with E-state index in [1.54, 1.807) is 24.3 Å². The Hall–Kier alpha value is -2.21. The number of hydroxylamine groups is 2. The summed E-state index contributed by atoms with van der Waals surface area (Å²) in [6, 6.07) is 12.4. The number of ketones is 1. The van der Waals surface area contributed by atoms with Gasteiger partial charge in [-0.15, -0.1) is 0 Å². The highest BCUT2D eigenvalue weighted by atomic mass is 35.5. The molecule has 5 nitrogen and oxygen atoms in total. The Bertz CT molecular complexity index is 776. The highest BCUT2D eigenvalue weighted by molar-refractivity contribution is 6.30. The van der Waals surface area contributed by atoms with Crippen LogP contribution in [-0.2, 0) is 10.6 Å². The van der Waals surface area contributed by atoms with Crippen molar-refractivity contribution in [2.45, 2.75) is 5.72 Å². The van der Waals surface area contributed by atoms with E-state index in [9.17, 15) is 14.7 Å². The van der Waals surface area contributed by atoms with E-state index in [-0.39, 0.29) is 16.7 Å². The lowest BCUT2D eigenvalue weighted by Crippen LogP contribution is -2.57. The van der Waals surface area contributed by atoms with Crippen LogP contribution in [0.2, 0.25) is 5.02 Å². The third-order valence-electron chi connectivity index (χ3n) is 3.61. The van der Waals surface area contributed by atoms with Crippen molar-refractivity contribution in [3.05, 3.63) is 70.2 Å². The number of hydrogen-bond donors (Lipinski definition) is 1. The van der Waals surface area contributed by atoms with E-state index >= 15 is 0 Å². The second-order valence-electron chi connectivity index (χ2n) is 4.84. The van der Waals surface area contributed by atoms with Crippen LogP contribution in [-0.4, -0.2) is 29.0 Å². The number of nitrogens with zero attached hydrogens (tertiary/aromatic N) is 1. The van der Waals surface area contributed by atoms with Gasteiger partial charge in [-0.25, -0.2) is 0 Å². The molecule has 3 rings (SSSR count). The Balaban J connectivity index is 2.26. The van der Waals surface area contributed by atoms with Crippen LogP contribution >= 0.6 is 11.6 Å². The normalized spacial score (nSPS) is 21.0. The summed E-state index contributed by atoms with van der Waals surface area (Å²) in [6.07, 6.45) is 0. The van der Waals surface area contributed by atoms with Gasteiger partial charge in [0, 0.05) is 16.1 Å². The summed E-state index contributed by atoms with van der Waals surface area (Å²) in [4.78, 5) is 30.3. The first-order chi connectivity index (χ1) is 10.5. The van der Waals surface area contributed by atoms with Gasteiger partial charge in [-0.3, -0.25) is 14.4 Å². The molecule has 0 bridgehead atoms. The fourth-order valence-corrected chi connectivity index (χ4v) is 2.76. The molecule has 0 spiro atoms. The Kier molecular flexibility index (Phi) is 3.48. The Morgan fingerprint density at radius 1 is 1.09 bits per heavy atom. The molecule has 2 aromatic carbocycles. The van der Waals surface area contributed by atoms with Crippen LogP contribution in [0.3, 0.4) is 0 Å². The zero-order valence-electron chi connectivity index (χ0n) is 11.6. The molecule has 22 heavy (non-hydrogen) atoms. The van der Waals surface area contributed by atoms with Gasteiger partial charge in [-0.1, -0.05) is 41.9 Å². The number of aliphatic hydroxyl groups is 1. The molecule has 0 aromatic heterocycles. The quantitative estimate of drug-likeness (QED) is 0.923. The molecule has 1 heterocycles. The molecule has 0 saturated heterocycles. The van der Waals surface area contributed by atoms with Gasteiger partial charge in [0.05, 0.1) is 12.7 Å². The molecule has 0 aliphatic carbocycles. The third-order valence-corrected chi connectivity index (χ3v) is 3.84. The maximum atomic E-state index is 12.8. The summed E-state index contributed by atoms with van der Waals surface area (Å²) in [6.45, 7) is 0. The summed E-state index contributed by atoms with van der Waals surface area (Å²) < 4.78 is 0. The van der Waals surface area contributed by atoms with Crippen molar-refractivity contribution in [1.29, 1.82) is 0 Å². The highest BCUT2D eigenvalue weighted by Gasteiger charge is 2.53. The number of rotatable bonds is 2. The van der Waals surface area contributed by atoms with Gasteiger partial charge in [0.15, 0.2) is 0 Å². The minimum Gasteiger partial charge on any atom is -0.359 e. The molecule has 0 radical (unpaired) electrons. The molecule has 0 fully saturated rings. The fourth-order valence-electron chi connectivity index (χ4n) is 2.57. The van der Waals surface area contributed by atoms with E-state index < -0.39 is 17.4 Å². The van der Waals surface area contributed by atoms with Crippen molar-refractivity contribution in [1.82, 2.24) is 5.06 Å². The summed E-state index contributed by atoms with van der Waals surface area (Å²) in [5.41, 5.74) is -1.77. The van der Waals surface area contributed by atoms with Crippen molar-refractivity contribution in [3.63, 3.8) is 0 Å². The second kappa shape index (κ2) is 5.21. The van der Waals surface area contributed by atoms with Crippen LogP contribution in [0.4, 0.5) is 0 Å². The van der Waals surface area contributed by atoms with Crippen LogP contribution in [0.25, 0.3) is 0 Å². The number of hydrogen-bond acceptors (Lipinski definition) is 4. The molecule has 1 unspecified atom stereocenters. The fraction of sp³-hybridized carbons (Fsp3) is 0.125. The van der Waals surface area contributed by atoms with Crippen LogP contribution in [0, 0.1) is 0 Å². The summed E-state index contributed by atoms with van der Waals surface area (Å²) in [7, 11) is 1.22. The third kappa shape index (κ3) is 1.94. The molecule has 112 valence electrons. The monoisotopic (exact) mass is 317 g/mol. The zero-order valence-corrected chi connectivity index (χ0v) is 12.4. The van der Waals surface area contributed by atoms with Crippen molar-refractivity contribution >= 4 is 23.3 Å². The molecule has 1 N–H and O–H groups in total. The summed E-state index contributed by atoms with van der Waals surface area (Å²) in [5.74, 6) is -1.24. The second-order valence-corrected chi connectivity index (χ2v) is 5.28. The zero-order chi connectivity index (χ0) is 15.9.